The average molecular weight is 284 g/mol. The number of benzene rings is 2. The van der Waals surface area contributed by atoms with Crippen LogP contribution < -0.4 is 11.1 Å². The molecule has 0 atom stereocenters. The number of nitrogens with two attached hydrogens (primary N) is 1. The number of carbonyl (C=O) groups excluding carboxylic acids is 1. The van der Waals surface area contributed by atoms with Crippen molar-refractivity contribution in [1.29, 1.82) is 0 Å². The summed E-state index contributed by atoms with van der Waals surface area (Å²) >= 11 is 0. The highest BCUT2D eigenvalue weighted by Crippen LogP contribution is 2.13. The van der Waals surface area contributed by atoms with Crippen LogP contribution in [-0.4, -0.2) is 5.91 Å². The van der Waals surface area contributed by atoms with Crippen LogP contribution in [0.4, 0.5) is 10.1 Å². The third-order valence-corrected chi connectivity index (χ3v) is 3.03. The van der Waals surface area contributed by atoms with E-state index in [1.807, 2.05) is 31.2 Å². The SMILES string of the molecule is Cc1ccc(CNC(=O)/C=C/c2ccc(F)c(N)c2)cc1. The average Bonchev–Trinajstić information content (AvgIpc) is 2.48. The van der Waals surface area contributed by atoms with Crippen LogP contribution in [0.25, 0.3) is 6.08 Å². The summed E-state index contributed by atoms with van der Waals surface area (Å²) in [5, 5.41) is 2.78. The molecule has 108 valence electrons. The van der Waals surface area contributed by atoms with Crippen LogP contribution in [0.5, 0.6) is 0 Å². The molecule has 2 rings (SSSR count). The molecule has 2 aromatic carbocycles. The Morgan fingerprint density at radius 3 is 2.62 bits per heavy atom. The highest BCUT2D eigenvalue weighted by molar-refractivity contribution is 5.91. The van der Waals surface area contributed by atoms with Gasteiger partial charge in [0.05, 0.1) is 5.69 Å². The van der Waals surface area contributed by atoms with Crippen molar-refractivity contribution in [1.82, 2.24) is 5.32 Å². The van der Waals surface area contributed by atoms with Gasteiger partial charge in [0.15, 0.2) is 0 Å². The van der Waals surface area contributed by atoms with Gasteiger partial charge in [0.1, 0.15) is 5.82 Å². The Kier molecular flexibility index (Phi) is 4.72. The lowest BCUT2D eigenvalue weighted by molar-refractivity contribution is -0.116. The van der Waals surface area contributed by atoms with E-state index in [-0.39, 0.29) is 11.6 Å². The van der Waals surface area contributed by atoms with Crippen LogP contribution in [0, 0.1) is 12.7 Å². The summed E-state index contributed by atoms with van der Waals surface area (Å²) in [4.78, 5) is 11.7. The lowest BCUT2D eigenvalue weighted by Crippen LogP contribution is -2.20. The Labute approximate surface area is 123 Å². The molecule has 0 aliphatic heterocycles. The molecule has 3 N–H and O–H groups in total. The Balaban J connectivity index is 1.90. The molecule has 3 nitrogen and oxygen atoms in total. The minimum absolute atomic E-state index is 0.0669. The number of nitrogens with one attached hydrogen (secondary N) is 1. The van der Waals surface area contributed by atoms with Gasteiger partial charge in [0.2, 0.25) is 5.91 Å². The first-order valence-electron chi connectivity index (χ1n) is 6.61. The zero-order chi connectivity index (χ0) is 15.2. The number of hydrogen-bond acceptors (Lipinski definition) is 2. The fourth-order valence-corrected chi connectivity index (χ4v) is 1.79. The molecule has 21 heavy (non-hydrogen) atoms. The Morgan fingerprint density at radius 1 is 1.24 bits per heavy atom. The number of anilines is 1. The first kappa shape index (κ1) is 14.8. The van der Waals surface area contributed by atoms with Crippen LogP contribution >= 0.6 is 0 Å². The van der Waals surface area contributed by atoms with Gasteiger partial charge >= 0.3 is 0 Å². The molecule has 0 heterocycles. The van der Waals surface area contributed by atoms with Crippen LogP contribution in [0.1, 0.15) is 16.7 Å². The van der Waals surface area contributed by atoms with Crippen molar-refractivity contribution in [3.05, 3.63) is 71.0 Å². The molecule has 1 amide bonds. The van der Waals surface area contributed by atoms with Crippen molar-refractivity contribution >= 4 is 17.7 Å². The molecule has 0 aliphatic rings. The van der Waals surface area contributed by atoms with Crippen molar-refractivity contribution in [2.75, 3.05) is 5.73 Å². The number of aryl methyl sites for hydroxylation is 1. The number of nitrogen functional groups attached to an aromatic ring is 1. The molecule has 0 fully saturated rings. The number of rotatable bonds is 4. The normalized spacial score (nSPS) is 10.8. The van der Waals surface area contributed by atoms with E-state index in [4.69, 9.17) is 5.73 Å². The van der Waals surface area contributed by atoms with Crippen molar-refractivity contribution in [2.45, 2.75) is 13.5 Å². The number of carbonyl (C=O) groups is 1. The van der Waals surface area contributed by atoms with Crippen LogP contribution in [0.3, 0.4) is 0 Å². The second kappa shape index (κ2) is 6.70. The summed E-state index contributed by atoms with van der Waals surface area (Å²) in [6.07, 6.45) is 3.00. The van der Waals surface area contributed by atoms with Gasteiger partial charge < -0.3 is 11.1 Å². The fourth-order valence-electron chi connectivity index (χ4n) is 1.79. The van der Waals surface area contributed by atoms with Crippen molar-refractivity contribution < 1.29 is 9.18 Å². The minimum atomic E-state index is -0.462. The van der Waals surface area contributed by atoms with E-state index in [1.54, 1.807) is 12.1 Å². The second-order valence-electron chi connectivity index (χ2n) is 4.82. The van der Waals surface area contributed by atoms with Crippen molar-refractivity contribution in [3.8, 4) is 0 Å². The summed E-state index contributed by atoms with van der Waals surface area (Å²) in [6.45, 7) is 2.48. The lowest BCUT2D eigenvalue weighted by Gasteiger charge is -2.03. The standard InChI is InChI=1S/C17H17FN2O/c1-12-2-4-14(5-3-12)11-20-17(21)9-7-13-6-8-15(18)16(19)10-13/h2-10H,11,19H2,1H3,(H,20,21)/b9-7+. The number of amides is 1. The minimum Gasteiger partial charge on any atom is -0.396 e. The van der Waals surface area contributed by atoms with Gasteiger partial charge in [-0.15, -0.1) is 0 Å². The highest BCUT2D eigenvalue weighted by atomic mass is 19.1. The highest BCUT2D eigenvalue weighted by Gasteiger charge is 1.99. The Bertz CT molecular complexity index is 663. The fraction of sp³-hybridized carbons (Fsp3) is 0.118. The molecular formula is C17H17FN2O. The molecule has 0 saturated heterocycles. The van der Waals surface area contributed by atoms with E-state index >= 15 is 0 Å². The summed E-state index contributed by atoms with van der Waals surface area (Å²) in [5.41, 5.74) is 8.43. The second-order valence-corrected chi connectivity index (χ2v) is 4.82. The van der Waals surface area contributed by atoms with E-state index in [0.717, 1.165) is 5.56 Å². The first-order valence-corrected chi connectivity index (χ1v) is 6.61. The monoisotopic (exact) mass is 284 g/mol. The van der Waals surface area contributed by atoms with E-state index in [2.05, 4.69) is 5.32 Å². The maximum atomic E-state index is 13.0. The summed E-state index contributed by atoms with van der Waals surface area (Å²) in [7, 11) is 0. The molecule has 0 unspecified atom stereocenters. The lowest BCUT2D eigenvalue weighted by atomic mass is 10.1. The maximum Gasteiger partial charge on any atom is 0.244 e. The van der Waals surface area contributed by atoms with Crippen molar-refractivity contribution in [2.24, 2.45) is 0 Å². The largest absolute Gasteiger partial charge is 0.396 e. The Hall–Kier alpha value is -2.62. The molecule has 0 aliphatic carbocycles. The van der Waals surface area contributed by atoms with Crippen LogP contribution in [0.2, 0.25) is 0 Å². The van der Waals surface area contributed by atoms with Gasteiger partial charge in [0.25, 0.3) is 0 Å². The molecule has 0 spiro atoms. The topological polar surface area (TPSA) is 55.1 Å². The predicted octanol–water partition coefficient (Wildman–Crippen LogP) is 3.05. The van der Waals surface area contributed by atoms with Gasteiger partial charge in [-0.3, -0.25) is 4.79 Å². The Morgan fingerprint density at radius 2 is 1.95 bits per heavy atom. The molecule has 4 heteroatoms. The predicted molar refractivity (Wildman–Crippen MR) is 82.9 cm³/mol. The molecule has 0 radical (unpaired) electrons. The molecule has 0 aromatic heterocycles. The quantitative estimate of drug-likeness (QED) is 0.669. The van der Waals surface area contributed by atoms with Gasteiger partial charge in [-0.2, -0.15) is 0 Å². The van der Waals surface area contributed by atoms with E-state index in [9.17, 15) is 9.18 Å². The third-order valence-electron chi connectivity index (χ3n) is 3.03. The molecular weight excluding hydrogens is 267 g/mol. The van der Waals surface area contributed by atoms with E-state index in [0.29, 0.717) is 12.1 Å². The van der Waals surface area contributed by atoms with Crippen LogP contribution in [-0.2, 0) is 11.3 Å². The van der Waals surface area contributed by atoms with Gasteiger partial charge in [-0.1, -0.05) is 35.9 Å². The zero-order valence-corrected chi connectivity index (χ0v) is 11.8. The first-order chi connectivity index (χ1) is 10.0. The smallest absolute Gasteiger partial charge is 0.244 e. The van der Waals surface area contributed by atoms with E-state index in [1.165, 1.54) is 23.8 Å². The number of halogens is 1. The van der Waals surface area contributed by atoms with E-state index < -0.39 is 5.82 Å². The maximum absolute atomic E-state index is 13.0. The van der Waals surface area contributed by atoms with Gasteiger partial charge in [0, 0.05) is 12.6 Å². The van der Waals surface area contributed by atoms with Gasteiger partial charge in [-0.25, -0.2) is 4.39 Å². The number of hydrogen-bond donors (Lipinski definition) is 2. The summed E-state index contributed by atoms with van der Waals surface area (Å²) < 4.78 is 13.0. The molecule has 2 aromatic rings. The molecule has 0 saturated carbocycles. The van der Waals surface area contributed by atoms with Crippen molar-refractivity contribution in [3.63, 3.8) is 0 Å². The molecule has 0 bridgehead atoms. The zero-order valence-electron chi connectivity index (χ0n) is 11.8. The summed E-state index contributed by atoms with van der Waals surface area (Å²) in [5.74, 6) is -0.672. The summed E-state index contributed by atoms with van der Waals surface area (Å²) in [6, 6.07) is 12.3. The van der Waals surface area contributed by atoms with Crippen LogP contribution in [0.15, 0.2) is 48.5 Å². The third kappa shape index (κ3) is 4.45. The van der Waals surface area contributed by atoms with Gasteiger partial charge in [-0.05, 0) is 36.3 Å².